The minimum atomic E-state index is -0.348. The molecule has 1 aromatic heterocycles. The highest BCUT2D eigenvalue weighted by Crippen LogP contribution is 2.26. The molecular formula is C22H22FN3O. The van der Waals surface area contributed by atoms with Crippen LogP contribution in [0.5, 0.6) is 0 Å². The maximum absolute atomic E-state index is 13.7. The van der Waals surface area contributed by atoms with Gasteiger partial charge in [0.05, 0.1) is 0 Å². The number of benzene rings is 2. The molecule has 3 aromatic rings. The van der Waals surface area contributed by atoms with Crippen LogP contribution in [0.15, 0.2) is 66.9 Å². The number of anilines is 2. The van der Waals surface area contributed by atoms with Gasteiger partial charge in [0, 0.05) is 29.7 Å². The average Bonchev–Trinajstić information content (AvgIpc) is 2.67. The van der Waals surface area contributed by atoms with E-state index in [2.05, 4.69) is 35.5 Å². The number of nitrogens with zero attached hydrogens (tertiary/aromatic N) is 1. The molecule has 0 radical (unpaired) electrons. The number of halogens is 1. The Bertz CT molecular complexity index is 940. The molecule has 0 atom stereocenters. The fourth-order valence-electron chi connectivity index (χ4n) is 2.81. The molecule has 0 aliphatic heterocycles. The zero-order chi connectivity index (χ0) is 19.2. The third kappa shape index (κ3) is 4.70. The Hall–Kier alpha value is -3.21. The molecule has 0 saturated heterocycles. The summed E-state index contributed by atoms with van der Waals surface area (Å²) in [6.45, 7) is 4.38. The number of hydrogen-bond acceptors (Lipinski definition) is 3. The van der Waals surface area contributed by atoms with Crippen LogP contribution in [-0.4, -0.2) is 10.9 Å². The molecule has 0 fully saturated rings. The summed E-state index contributed by atoms with van der Waals surface area (Å²) in [6.07, 6.45) is 1.58. The van der Waals surface area contributed by atoms with E-state index < -0.39 is 0 Å². The first-order valence-corrected chi connectivity index (χ1v) is 8.88. The van der Waals surface area contributed by atoms with Gasteiger partial charge in [-0.25, -0.2) is 4.39 Å². The number of pyridine rings is 1. The highest BCUT2D eigenvalue weighted by atomic mass is 19.1. The van der Waals surface area contributed by atoms with Crippen LogP contribution in [0.1, 0.15) is 41.4 Å². The molecule has 3 rings (SSSR count). The summed E-state index contributed by atoms with van der Waals surface area (Å²) in [6, 6.07) is 17.9. The van der Waals surface area contributed by atoms with Gasteiger partial charge in [-0.1, -0.05) is 50.2 Å². The smallest absolute Gasteiger partial charge is 0.270 e. The van der Waals surface area contributed by atoms with Crippen LogP contribution in [0.4, 0.5) is 15.8 Å². The molecular weight excluding hydrogens is 341 g/mol. The number of aromatic nitrogens is 1. The predicted molar refractivity (Wildman–Crippen MR) is 106 cm³/mol. The summed E-state index contributed by atoms with van der Waals surface area (Å²) in [5, 5.41) is 6.06. The summed E-state index contributed by atoms with van der Waals surface area (Å²) in [5.41, 5.74) is 3.68. The van der Waals surface area contributed by atoms with E-state index in [9.17, 15) is 9.18 Å². The first kappa shape index (κ1) is 18.6. The fourth-order valence-corrected chi connectivity index (χ4v) is 2.81. The van der Waals surface area contributed by atoms with Crippen LogP contribution >= 0.6 is 0 Å². The molecule has 4 nitrogen and oxygen atoms in total. The molecule has 27 heavy (non-hydrogen) atoms. The maximum atomic E-state index is 13.7. The van der Waals surface area contributed by atoms with Crippen molar-refractivity contribution >= 4 is 17.3 Å². The third-order valence-electron chi connectivity index (χ3n) is 4.25. The molecule has 0 aliphatic carbocycles. The lowest BCUT2D eigenvalue weighted by molar-refractivity contribution is 0.0945. The normalized spacial score (nSPS) is 10.7. The van der Waals surface area contributed by atoms with Gasteiger partial charge in [0.15, 0.2) is 0 Å². The zero-order valence-electron chi connectivity index (χ0n) is 15.4. The van der Waals surface area contributed by atoms with Crippen LogP contribution < -0.4 is 10.6 Å². The van der Waals surface area contributed by atoms with E-state index in [-0.39, 0.29) is 24.0 Å². The van der Waals surface area contributed by atoms with Crippen molar-refractivity contribution in [3.05, 3.63) is 89.5 Å². The van der Waals surface area contributed by atoms with E-state index in [1.807, 2.05) is 24.3 Å². The van der Waals surface area contributed by atoms with Crippen LogP contribution in [0.25, 0.3) is 0 Å². The van der Waals surface area contributed by atoms with Gasteiger partial charge in [-0.3, -0.25) is 9.78 Å². The number of amides is 1. The number of carbonyl (C=O) groups is 1. The second-order valence-electron chi connectivity index (χ2n) is 6.57. The van der Waals surface area contributed by atoms with Crippen LogP contribution in [-0.2, 0) is 6.54 Å². The summed E-state index contributed by atoms with van der Waals surface area (Å²) in [7, 11) is 0. The molecule has 2 N–H and O–H groups in total. The Morgan fingerprint density at radius 1 is 1.07 bits per heavy atom. The summed E-state index contributed by atoms with van der Waals surface area (Å²) < 4.78 is 13.7. The lowest BCUT2D eigenvalue weighted by Gasteiger charge is -2.15. The number of rotatable bonds is 6. The van der Waals surface area contributed by atoms with Crippen molar-refractivity contribution in [2.45, 2.75) is 26.3 Å². The van der Waals surface area contributed by atoms with Crippen molar-refractivity contribution in [1.29, 1.82) is 0 Å². The van der Waals surface area contributed by atoms with Gasteiger partial charge in [0.1, 0.15) is 11.5 Å². The lowest BCUT2D eigenvalue weighted by Crippen LogP contribution is -2.24. The fraction of sp³-hybridized carbons (Fsp3) is 0.182. The lowest BCUT2D eigenvalue weighted by atomic mass is 10.0. The van der Waals surface area contributed by atoms with Crippen molar-refractivity contribution < 1.29 is 9.18 Å². The Morgan fingerprint density at radius 2 is 1.81 bits per heavy atom. The molecule has 0 bridgehead atoms. The highest BCUT2D eigenvalue weighted by molar-refractivity contribution is 5.93. The quantitative estimate of drug-likeness (QED) is 0.647. The van der Waals surface area contributed by atoms with Crippen molar-refractivity contribution in [1.82, 2.24) is 10.3 Å². The second kappa shape index (κ2) is 8.45. The minimum Gasteiger partial charge on any atom is -0.355 e. The van der Waals surface area contributed by atoms with Gasteiger partial charge < -0.3 is 10.6 Å². The standard InChI is InChI=1S/C22H22FN3O/c1-15(2)18-8-4-6-10-20(18)26-17-11-12-24-21(13-17)22(27)25-14-16-7-3-5-9-19(16)23/h3-13,15H,14H2,1-2H3,(H,24,26)(H,25,27). The molecule has 0 saturated carbocycles. The maximum Gasteiger partial charge on any atom is 0.270 e. The molecule has 138 valence electrons. The second-order valence-corrected chi connectivity index (χ2v) is 6.57. The largest absolute Gasteiger partial charge is 0.355 e. The molecule has 1 heterocycles. The van der Waals surface area contributed by atoms with E-state index in [1.165, 1.54) is 11.6 Å². The van der Waals surface area contributed by atoms with Crippen LogP contribution in [0, 0.1) is 5.82 Å². The van der Waals surface area contributed by atoms with Crippen molar-refractivity contribution in [3.8, 4) is 0 Å². The van der Waals surface area contributed by atoms with Crippen molar-refractivity contribution in [2.24, 2.45) is 0 Å². The van der Waals surface area contributed by atoms with Gasteiger partial charge in [0.2, 0.25) is 0 Å². The Morgan fingerprint density at radius 3 is 2.59 bits per heavy atom. The summed E-state index contributed by atoms with van der Waals surface area (Å²) >= 11 is 0. The average molecular weight is 363 g/mol. The van der Waals surface area contributed by atoms with Crippen molar-refractivity contribution in [2.75, 3.05) is 5.32 Å². The van der Waals surface area contributed by atoms with E-state index in [1.54, 1.807) is 30.5 Å². The molecule has 1 amide bonds. The summed E-state index contributed by atoms with van der Waals surface area (Å²) in [4.78, 5) is 16.5. The Kier molecular flexibility index (Phi) is 5.81. The Balaban J connectivity index is 1.72. The Labute approximate surface area is 158 Å². The monoisotopic (exact) mass is 363 g/mol. The van der Waals surface area contributed by atoms with E-state index in [0.717, 1.165) is 11.4 Å². The van der Waals surface area contributed by atoms with E-state index in [4.69, 9.17) is 0 Å². The number of carbonyl (C=O) groups excluding carboxylic acids is 1. The van der Waals surface area contributed by atoms with Gasteiger partial charge in [0.25, 0.3) is 5.91 Å². The number of nitrogens with one attached hydrogen (secondary N) is 2. The van der Waals surface area contributed by atoms with Crippen LogP contribution in [0.3, 0.4) is 0 Å². The predicted octanol–water partition coefficient (Wildman–Crippen LogP) is 5.02. The SMILES string of the molecule is CC(C)c1ccccc1Nc1ccnc(C(=O)NCc2ccccc2F)c1. The van der Waals surface area contributed by atoms with Gasteiger partial charge in [-0.2, -0.15) is 0 Å². The van der Waals surface area contributed by atoms with Gasteiger partial charge >= 0.3 is 0 Å². The molecule has 0 spiro atoms. The summed E-state index contributed by atoms with van der Waals surface area (Å²) in [5.74, 6) is -0.315. The molecule has 0 unspecified atom stereocenters. The number of para-hydroxylation sites is 1. The van der Waals surface area contributed by atoms with Crippen molar-refractivity contribution in [3.63, 3.8) is 0 Å². The zero-order valence-corrected chi connectivity index (χ0v) is 15.4. The van der Waals surface area contributed by atoms with Gasteiger partial charge in [-0.15, -0.1) is 0 Å². The minimum absolute atomic E-state index is 0.112. The van der Waals surface area contributed by atoms with E-state index >= 15 is 0 Å². The van der Waals surface area contributed by atoms with E-state index in [0.29, 0.717) is 11.5 Å². The number of hydrogen-bond donors (Lipinski definition) is 2. The topological polar surface area (TPSA) is 54.0 Å². The first-order chi connectivity index (χ1) is 13.0. The van der Waals surface area contributed by atoms with Gasteiger partial charge in [-0.05, 0) is 35.7 Å². The highest BCUT2D eigenvalue weighted by Gasteiger charge is 2.11. The molecule has 5 heteroatoms. The molecule has 0 aliphatic rings. The first-order valence-electron chi connectivity index (χ1n) is 8.88. The third-order valence-corrected chi connectivity index (χ3v) is 4.25. The molecule has 2 aromatic carbocycles. The van der Waals surface area contributed by atoms with Crippen LogP contribution in [0.2, 0.25) is 0 Å².